The van der Waals surface area contributed by atoms with Gasteiger partial charge in [-0.15, -0.1) is 11.3 Å². The van der Waals surface area contributed by atoms with Crippen LogP contribution < -0.4 is 4.90 Å². The van der Waals surface area contributed by atoms with Crippen LogP contribution in [-0.4, -0.2) is 47.0 Å². The van der Waals surface area contributed by atoms with Gasteiger partial charge >= 0.3 is 0 Å². The zero-order valence-corrected chi connectivity index (χ0v) is 16.4. The predicted octanol–water partition coefficient (Wildman–Crippen LogP) is 4.01. The van der Waals surface area contributed by atoms with Crippen molar-refractivity contribution in [3.05, 3.63) is 51.9 Å². The van der Waals surface area contributed by atoms with Crippen molar-refractivity contribution in [1.29, 1.82) is 0 Å². The second-order valence-electron chi connectivity index (χ2n) is 6.36. The summed E-state index contributed by atoms with van der Waals surface area (Å²) >= 11 is 7.72. The molecule has 8 heteroatoms. The molecule has 4 rings (SSSR count). The highest BCUT2D eigenvalue weighted by molar-refractivity contribution is 7.18. The lowest BCUT2D eigenvalue weighted by Gasteiger charge is -2.35. The van der Waals surface area contributed by atoms with Crippen molar-refractivity contribution < 1.29 is 9.18 Å². The third-order valence-corrected chi connectivity index (χ3v) is 6.25. The third-order valence-electron chi connectivity index (χ3n) is 4.75. The Morgan fingerprint density at radius 1 is 1.26 bits per heavy atom. The van der Waals surface area contributed by atoms with Crippen LogP contribution in [0.4, 0.5) is 10.2 Å². The molecule has 3 heterocycles. The zero-order chi connectivity index (χ0) is 19.0. The Kier molecular flexibility index (Phi) is 4.97. The lowest BCUT2D eigenvalue weighted by molar-refractivity contribution is 0.0742. The quantitative estimate of drug-likeness (QED) is 0.661. The van der Waals surface area contributed by atoms with Gasteiger partial charge < -0.3 is 9.80 Å². The molecule has 140 valence electrons. The van der Waals surface area contributed by atoms with Crippen molar-refractivity contribution in [2.24, 2.45) is 0 Å². The van der Waals surface area contributed by atoms with Gasteiger partial charge in [0, 0.05) is 31.1 Å². The van der Waals surface area contributed by atoms with E-state index in [4.69, 9.17) is 11.6 Å². The standard InChI is InChI=1S/C19H18ClFN4OS/c1-2-12-10-13-17(22-11-23-18(13)27-12)24-6-8-25(9-7-24)19(26)16-14(20)4-3-5-15(16)21/h3-5,10-11H,2,6-9H2,1H3. The molecular weight excluding hydrogens is 387 g/mol. The maximum atomic E-state index is 14.0. The number of rotatable bonds is 3. The molecule has 0 aliphatic carbocycles. The predicted molar refractivity (Wildman–Crippen MR) is 106 cm³/mol. The van der Waals surface area contributed by atoms with Crippen LogP contribution >= 0.6 is 22.9 Å². The summed E-state index contributed by atoms with van der Waals surface area (Å²) in [6, 6.07) is 6.44. The second-order valence-corrected chi connectivity index (χ2v) is 7.88. The number of benzene rings is 1. The maximum Gasteiger partial charge on any atom is 0.258 e. The molecule has 3 aromatic rings. The van der Waals surface area contributed by atoms with Crippen molar-refractivity contribution >= 4 is 44.9 Å². The van der Waals surface area contributed by atoms with E-state index in [9.17, 15) is 9.18 Å². The number of piperazine rings is 1. The summed E-state index contributed by atoms with van der Waals surface area (Å²) < 4.78 is 14.0. The van der Waals surface area contributed by atoms with Gasteiger partial charge in [-0.05, 0) is 24.6 Å². The van der Waals surface area contributed by atoms with Crippen molar-refractivity contribution in [1.82, 2.24) is 14.9 Å². The minimum Gasteiger partial charge on any atom is -0.352 e. The molecule has 27 heavy (non-hydrogen) atoms. The molecule has 5 nitrogen and oxygen atoms in total. The number of amides is 1. The number of aromatic nitrogens is 2. The molecule has 1 amide bonds. The molecular formula is C19H18ClFN4OS. The molecule has 1 aliphatic rings. The fourth-order valence-corrected chi connectivity index (χ4v) is 4.47. The van der Waals surface area contributed by atoms with Crippen LogP contribution in [0.25, 0.3) is 10.2 Å². The van der Waals surface area contributed by atoms with Crippen molar-refractivity contribution in [3.63, 3.8) is 0 Å². The molecule has 2 aromatic heterocycles. The van der Waals surface area contributed by atoms with Gasteiger partial charge in [-0.1, -0.05) is 24.6 Å². The summed E-state index contributed by atoms with van der Waals surface area (Å²) in [5, 5.41) is 1.20. The first kappa shape index (κ1) is 18.1. The maximum absolute atomic E-state index is 14.0. The Labute approximate surface area is 165 Å². The molecule has 1 fully saturated rings. The number of aryl methyl sites for hydroxylation is 1. The Balaban J connectivity index is 1.53. The molecule has 0 N–H and O–H groups in total. The summed E-state index contributed by atoms with van der Waals surface area (Å²) in [6.45, 7) is 4.35. The average Bonchev–Trinajstić information content (AvgIpc) is 3.11. The summed E-state index contributed by atoms with van der Waals surface area (Å²) in [5.74, 6) is -0.0563. The minimum absolute atomic E-state index is 0.0533. The van der Waals surface area contributed by atoms with Gasteiger partial charge in [-0.25, -0.2) is 14.4 Å². The molecule has 0 radical (unpaired) electrons. The third kappa shape index (κ3) is 3.37. The van der Waals surface area contributed by atoms with Crippen LogP contribution in [0, 0.1) is 5.82 Å². The van der Waals surface area contributed by atoms with Crippen molar-refractivity contribution in [2.45, 2.75) is 13.3 Å². The smallest absolute Gasteiger partial charge is 0.258 e. The van der Waals surface area contributed by atoms with Crippen LogP contribution in [0.2, 0.25) is 5.02 Å². The number of nitrogens with zero attached hydrogens (tertiary/aromatic N) is 4. The van der Waals surface area contributed by atoms with Crippen LogP contribution in [0.1, 0.15) is 22.2 Å². The van der Waals surface area contributed by atoms with Gasteiger partial charge in [0.2, 0.25) is 0 Å². The van der Waals surface area contributed by atoms with Crippen LogP contribution in [0.3, 0.4) is 0 Å². The SMILES string of the molecule is CCc1cc2c(N3CCN(C(=O)c4c(F)cccc4Cl)CC3)ncnc2s1. The largest absolute Gasteiger partial charge is 0.352 e. The molecule has 0 unspecified atom stereocenters. The fourth-order valence-electron chi connectivity index (χ4n) is 3.30. The van der Waals surface area contributed by atoms with E-state index in [1.807, 2.05) is 0 Å². The summed E-state index contributed by atoms with van der Waals surface area (Å²) in [6.07, 6.45) is 2.55. The number of carbonyl (C=O) groups excluding carboxylic acids is 1. The zero-order valence-electron chi connectivity index (χ0n) is 14.8. The molecule has 0 saturated carbocycles. The Morgan fingerprint density at radius 3 is 2.74 bits per heavy atom. The molecule has 1 saturated heterocycles. The van der Waals surface area contributed by atoms with E-state index >= 15 is 0 Å². The Bertz CT molecular complexity index is 980. The Morgan fingerprint density at radius 2 is 2.04 bits per heavy atom. The van der Waals surface area contributed by atoms with E-state index in [1.54, 1.807) is 22.6 Å². The number of thiophene rings is 1. The lowest BCUT2D eigenvalue weighted by atomic mass is 10.1. The average molecular weight is 405 g/mol. The van der Waals surface area contributed by atoms with Crippen molar-refractivity contribution in [3.8, 4) is 0 Å². The summed E-state index contributed by atoms with van der Waals surface area (Å²) in [4.78, 5) is 27.6. The van der Waals surface area contributed by atoms with Gasteiger partial charge in [-0.2, -0.15) is 0 Å². The van der Waals surface area contributed by atoms with E-state index in [1.165, 1.54) is 23.1 Å². The summed E-state index contributed by atoms with van der Waals surface area (Å²) in [5.41, 5.74) is -0.0533. The molecule has 1 aliphatic heterocycles. The van der Waals surface area contributed by atoms with E-state index in [0.717, 1.165) is 22.5 Å². The first-order valence-electron chi connectivity index (χ1n) is 8.80. The summed E-state index contributed by atoms with van der Waals surface area (Å²) in [7, 11) is 0. The topological polar surface area (TPSA) is 49.3 Å². The number of fused-ring (bicyclic) bond motifs is 1. The van der Waals surface area contributed by atoms with Crippen molar-refractivity contribution in [2.75, 3.05) is 31.1 Å². The van der Waals surface area contributed by atoms with Gasteiger partial charge in [0.1, 0.15) is 22.8 Å². The molecule has 1 aromatic carbocycles. The highest BCUT2D eigenvalue weighted by atomic mass is 35.5. The lowest BCUT2D eigenvalue weighted by Crippen LogP contribution is -2.49. The first-order valence-corrected chi connectivity index (χ1v) is 9.99. The number of hydrogen-bond acceptors (Lipinski definition) is 5. The number of carbonyl (C=O) groups is 1. The van der Waals surface area contributed by atoms with E-state index in [2.05, 4.69) is 27.9 Å². The Hall–Kier alpha value is -2.25. The van der Waals surface area contributed by atoms with Gasteiger partial charge in [0.05, 0.1) is 16.0 Å². The fraction of sp³-hybridized carbons (Fsp3) is 0.316. The molecule has 0 atom stereocenters. The number of anilines is 1. The normalized spacial score (nSPS) is 14.8. The van der Waals surface area contributed by atoms with Gasteiger partial charge in [0.15, 0.2) is 0 Å². The van der Waals surface area contributed by atoms with Gasteiger partial charge in [-0.3, -0.25) is 4.79 Å². The van der Waals surface area contributed by atoms with Crippen LogP contribution in [0.15, 0.2) is 30.6 Å². The molecule has 0 bridgehead atoms. The highest BCUT2D eigenvalue weighted by Crippen LogP contribution is 2.31. The van der Waals surface area contributed by atoms with Gasteiger partial charge in [0.25, 0.3) is 5.91 Å². The highest BCUT2D eigenvalue weighted by Gasteiger charge is 2.27. The second kappa shape index (κ2) is 7.40. The van der Waals surface area contributed by atoms with E-state index in [-0.39, 0.29) is 16.5 Å². The number of hydrogen-bond donors (Lipinski definition) is 0. The first-order chi connectivity index (χ1) is 13.1. The molecule has 0 spiro atoms. The van der Waals surface area contributed by atoms with Crippen LogP contribution in [-0.2, 0) is 6.42 Å². The van der Waals surface area contributed by atoms with E-state index in [0.29, 0.717) is 26.2 Å². The number of halogens is 2. The minimum atomic E-state index is -0.585. The monoisotopic (exact) mass is 404 g/mol. The van der Waals surface area contributed by atoms with Crippen LogP contribution in [0.5, 0.6) is 0 Å². The van der Waals surface area contributed by atoms with E-state index < -0.39 is 5.82 Å².